The number of nitrogens with zero attached hydrogens (tertiary/aromatic N) is 2. The predicted octanol–water partition coefficient (Wildman–Crippen LogP) is 4.36. The average molecular weight is 338 g/mol. The Labute approximate surface area is 145 Å². The zero-order chi connectivity index (χ0) is 17.1. The van der Waals surface area contributed by atoms with Crippen LogP contribution in [0.3, 0.4) is 0 Å². The highest BCUT2D eigenvalue weighted by molar-refractivity contribution is 7.98. The summed E-state index contributed by atoms with van der Waals surface area (Å²) in [6, 6.07) is 18.0. The third-order valence-corrected chi connectivity index (χ3v) is 4.51. The van der Waals surface area contributed by atoms with Crippen LogP contribution < -0.4 is 0 Å². The van der Waals surface area contributed by atoms with Crippen molar-refractivity contribution >= 4 is 17.7 Å². The number of methoxy groups -OCH3 is 1. The fourth-order valence-electron chi connectivity index (χ4n) is 2.44. The first-order valence-electron chi connectivity index (χ1n) is 7.52. The van der Waals surface area contributed by atoms with Gasteiger partial charge in [0.05, 0.1) is 18.5 Å². The molecule has 0 unspecified atom stereocenters. The molecule has 0 saturated carbocycles. The zero-order valence-electron chi connectivity index (χ0n) is 13.8. The minimum atomic E-state index is -0.442. The summed E-state index contributed by atoms with van der Waals surface area (Å²) in [7, 11) is 1.36. The van der Waals surface area contributed by atoms with E-state index >= 15 is 0 Å². The second-order valence-electron chi connectivity index (χ2n) is 5.38. The summed E-state index contributed by atoms with van der Waals surface area (Å²) < 4.78 is 6.59. The number of carbonyl (C=O) groups is 1. The van der Waals surface area contributed by atoms with Crippen molar-refractivity contribution in [1.29, 1.82) is 0 Å². The van der Waals surface area contributed by atoms with E-state index in [1.807, 2.05) is 49.6 Å². The van der Waals surface area contributed by atoms with E-state index in [2.05, 4.69) is 17.2 Å². The molecule has 0 spiro atoms. The number of thioether (sulfide) groups is 1. The summed E-state index contributed by atoms with van der Waals surface area (Å²) in [6.07, 6.45) is 2.04. The molecule has 1 aromatic heterocycles. The molecule has 122 valence electrons. The first-order chi connectivity index (χ1) is 11.6. The second kappa shape index (κ2) is 6.93. The van der Waals surface area contributed by atoms with Crippen LogP contribution in [0.2, 0.25) is 0 Å². The smallest absolute Gasteiger partial charge is 0.358 e. The van der Waals surface area contributed by atoms with E-state index in [-0.39, 0.29) is 0 Å². The van der Waals surface area contributed by atoms with Crippen LogP contribution in [-0.4, -0.2) is 29.1 Å². The van der Waals surface area contributed by atoms with Gasteiger partial charge in [-0.3, -0.25) is 0 Å². The standard InChI is InChI=1S/C19H18N2O2S/c1-13-4-8-15(9-5-13)21-18(12-17(20-21)19(22)23-2)14-6-10-16(24-3)11-7-14/h4-12H,1-3H3. The molecule has 5 heteroatoms. The maximum Gasteiger partial charge on any atom is 0.358 e. The van der Waals surface area contributed by atoms with Gasteiger partial charge in [0, 0.05) is 10.5 Å². The Hall–Kier alpha value is -2.53. The molecule has 3 aromatic rings. The number of ether oxygens (including phenoxy) is 1. The molecule has 4 nitrogen and oxygen atoms in total. The number of esters is 1. The normalized spacial score (nSPS) is 10.6. The lowest BCUT2D eigenvalue weighted by Gasteiger charge is -2.08. The van der Waals surface area contributed by atoms with Gasteiger partial charge in [-0.25, -0.2) is 9.48 Å². The van der Waals surface area contributed by atoms with Crippen LogP contribution in [0.5, 0.6) is 0 Å². The van der Waals surface area contributed by atoms with Gasteiger partial charge in [0.25, 0.3) is 0 Å². The number of aromatic nitrogens is 2. The molecule has 0 aliphatic rings. The highest BCUT2D eigenvalue weighted by Crippen LogP contribution is 2.26. The fraction of sp³-hybridized carbons (Fsp3) is 0.158. The van der Waals surface area contributed by atoms with Crippen molar-refractivity contribution in [3.05, 3.63) is 65.9 Å². The monoisotopic (exact) mass is 338 g/mol. The van der Waals surface area contributed by atoms with Crippen molar-refractivity contribution in [3.8, 4) is 16.9 Å². The molecule has 0 amide bonds. The van der Waals surface area contributed by atoms with Gasteiger partial charge in [0.2, 0.25) is 0 Å². The lowest BCUT2D eigenvalue weighted by atomic mass is 10.1. The van der Waals surface area contributed by atoms with Crippen molar-refractivity contribution in [3.63, 3.8) is 0 Å². The summed E-state index contributed by atoms with van der Waals surface area (Å²) >= 11 is 1.69. The van der Waals surface area contributed by atoms with E-state index in [4.69, 9.17) is 4.74 Å². The lowest BCUT2D eigenvalue weighted by molar-refractivity contribution is 0.0593. The van der Waals surface area contributed by atoms with Crippen LogP contribution >= 0.6 is 11.8 Å². The Morgan fingerprint density at radius 1 is 1.08 bits per heavy atom. The molecular weight excluding hydrogens is 320 g/mol. The van der Waals surface area contributed by atoms with Gasteiger partial charge in [-0.1, -0.05) is 29.8 Å². The third-order valence-electron chi connectivity index (χ3n) is 3.77. The summed E-state index contributed by atoms with van der Waals surface area (Å²) in [5.41, 5.74) is 4.22. The average Bonchev–Trinajstić information content (AvgIpc) is 3.07. The molecule has 0 saturated heterocycles. The van der Waals surface area contributed by atoms with Gasteiger partial charge in [0.15, 0.2) is 5.69 Å². The number of hydrogen-bond acceptors (Lipinski definition) is 4. The van der Waals surface area contributed by atoms with Crippen molar-refractivity contribution in [1.82, 2.24) is 9.78 Å². The lowest BCUT2D eigenvalue weighted by Crippen LogP contribution is -2.04. The first-order valence-corrected chi connectivity index (χ1v) is 8.74. The quantitative estimate of drug-likeness (QED) is 0.524. The Morgan fingerprint density at radius 2 is 1.75 bits per heavy atom. The number of hydrogen-bond donors (Lipinski definition) is 0. The molecule has 24 heavy (non-hydrogen) atoms. The van der Waals surface area contributed by atoms with Gasteiger partial charge >= 0.3 is 5.97 Å². The van der Waals surface area contributed by atoms with Crippen LogP contribution in [-0.2, 0) is 4.74 Å². The number of rotatable bonds is 4. The predicted molar refractivity (Wildman–Crippen MR) is 96.9 cm³/mol. The van der Waals surface area contributed by atoms with E-state index in [9.17, 15) is 4.79 Å². The summed E-state index contributed by atoms with van der Waals surface area (Å²) in [5.74, 6) is -0.442. The molecule has 0 aliphatic heterocycles. The van der Waals surface area contributed by atoms with E-state index < -0.39 is 5.97 Å². The molecular formula is C19H18N2O2S. The molecule has 3 rings (SSSR count). The minimum absolute atomic E-state index is 0.294. The van der Waals surface area contributed by atoms with Gasteiger partial charge in [-0.05, 0) is 43.5 Å². The highest BCUT2D eigenvalue weighted by atomic mass is 32.2. The van der Waals surface area contributed by atoms with Crippen molar-refractivity contribution in [2.24, 2.45) is 0 Å². The van der Waals surface area contributed by atoms with Crippen LogP contribution in [0.15, 0.2) is 59.5 Å². The SMILES string of the molecule is COC(=O)c1cc(-c2ccc(SC)cc2)n(-c2ccc(C)cc2)n1. The molecule has 1 heterocycles. The highest BCUT2D eigenvalue weighted by Gasteiger charge is 2.17. The molecule has 0 bridgehead atoms. The molecule has 0 radical (unpaired) electrons. The fourth-order valence-corrected chi connectivity index (χ4v) is 2.84. The van der Waals surface area contributed by atoms with Crippen LogP contribution in [0.1, 0.15) is 16.1 Å². The molecule has 2 aromatic carbocycles. The molecule has 0 atom stereocenters. The molecule has 0 N–H and O–H groups in total. The topological polar surface area (TPSA) is 44.1 Å². The summed E-state index contributed by atoms with van der Waals surface area (Å²) in [5, 5.41) is 4.44. The van der Waals surface area contributed by atoms with Crippen molar-refractivity contribution < 1.29 is 9.53 Å². The third kappa shape index (κ3) is 3.21. The summed E-state index contributed by atoms with van der Waals surface area (Å²) in [4.78, 5) is 13.1. The largest absolute Gasteiger partial charge is 0.464 e. The van der Waals surface area contributed by atoms with E-state index in [0.29, 0.717) is 5.69 Å². The van der Waals surface area contributed by atoms with E-state index in [1.54, 1.807) is 22.5 Å². The molecule has 0 aliphatic carbocycles. The van der Waals surface area contributed by atoms with Gasteiger partial charge < -0.3 is 4.74 Å². The van der Waals surface area contributed by atoms with Gasteiger partial charge in [-0.2, -0.15) is 5.10 Å². The molecule has 0 fully saturated rings. The van der Waals surface area contributed by atoms with E-state index in [0.717, 1.165) is 16.9 Å². The Balaban J connectivity index is 2.13. The Morgan fingerprint density at radius 3 is 2.33 bits per heavy atom. The first kappa shape index (κ1) is 16.3. The van der Waals surface area contributed by atoms with Crippen molar-refractivity contribution in [2.75, 3.05) is 13.4 Å². The van der Waals surface area contributed by atoms with Crippen molar-refractivity contribution in [2.45, 2.75) is 11.8 Å². The Kier molecular flexibility index (Phi) is 4.71. The zero-order valence-corrected chi connectivity index (χ0v) is 14.6. The van der Waals surface area contributed by atoms with Crippen LogP contribution in [0.25, 0.3) is 16.9 Å². The maximum absolute atomic E-state index is 11.9. The number of aryl methyl sites for hydroxylation is 1. The maximum atomic E-state index is 11.9. The minimum Gasteiger partial charge on any atom is -0.464 e. The second-order valence-corrected chi connectivity index (χ2v) is 6.26. The van der Waals surface area contributed by atoms with Crippen LogP contribution in [0, 0.1) is 6.92 Å². The van der Waals surface area contributed by atoms with E-state index in [1.165, 1.54) is 17.6 Å². The number of carbonyl (C=O) groups excluding carboxylic acids is 1. The van der Waals surface area contributed by atoms with Crippen LogP contribution in [0.4, 0.5) is 0 Å². The van der Waals surface area contributed by atoms with Gasteiger partial charge in [0.1, 0.15) is 0 Å². The Bertz CT molecular complexity index is 852. The number of benzene rings is 2. The summed E-state index contributed by atoms with van der Waals surface area (Å²) in [6.45, 7) is 2.04. The van der Waals surface area contributed by atoms with Gasteiger partial charge in [-0.15, -0.1) is 11.8 Å².